The van der Waals surface area contributed by atoms with Crippen LogP contribution in [0.4, 0.5) is 13.2 Å². The van der Waals surface area contributed by atoms with E-state index in [0.717, 1.165) is 31.5 Å². The van der Waals surface area contributed by atoms with Gasteiger partial charge in [0.15, 0.2) is 0 Å². The predicted octanol–water partition coefficient (Wildman–Crippen LogP) is 3.20. The number of likely N-dealkylation sites (tertiary alicyclic amines) is 1. The first-order chi connectivity index (χ1) is 9.91. The molecule has 1 fully saturated rings. The zero-order chi connectivity index (χ0) is 15.5. The number of piperidine rings is 1. The van der Waals surface area contributed by atoms with Gasteiger partial charge in [0.25, 0.3) is 5.91 Å². The Labute approximate surface area is 134 Å². The summed E-state index contributed by atoms with van der Waals surface area (Å²) in [5.74, 6) is 0.213. The molecular formula is C15H20ClF3N2O. The number of hydrogen-bond donors (Lipinski definition) is 1. The maximum Gasteiger partial charge on any atom is 0.416 e. The van der Waals surface area contributed by atoms with Crippen LogP contribution in [0.2, 0.25) is 0 Å². The van der Waals surface area contributed by atoms with Crippen LogP contribution in [0, 0.1) is 5.92 Å². The fraction of sp³-hybridized carbons (Fsp3) is 0.533. The maximum atomic E-state index is 12.7. The second-order valence-corrected chi connectivity index (χ2v) is 5.37. The lowest BCUT2D eigenvalue weighted by Gasteiger charge is -2.32. The molecule has 3 nitrogen and oxygen atoms in total. The second-order valence-electron chi connectivity index (χ2n) is 5.37. The van der Waals surface area contributed by atoms with Crippen LogP contribution in [0.5, 0.6) is 0 Å². The van der Waals surface area contributed by atoms with E-state index in [4.69, 9.17) is 0 Å². The van der Waals surface area contributed by atoms with Crippen LogP contribution in [-0.2, 0) is 6.18 Å². The molecule has 1 aliphatic rings. The molecule has 1 amide bonds. The molecule has 0 aromatic heterocycles. The van der Waals surface area contributed by atoms with Gasteiger partial charge >= 0.3 is 6.18 Å². The number of benzene rings is 1. The first kappa shape index (κ1) is 18.8. The van der Waals surface area contributed by atoms with Gasteiger partial charge in [0.1, 0.15) is 0 Å². The number of nitrogens with one attached hydrogen (secondary N) is 1. The van der Waals surface area contributed by atoms with E-state index in [2.05, 4.69) is 5.32 Å². The van der Waals surface area contributed by atoms with Crippen LogP contribution in [0.25, 0.3) is 0 Å². The predicted molar refractivity (Wildman–Crippen MR) is 81.2 cm³/mol. The number of nitrogens with zero attached hydrogens (tertiary/aromatic N) is 1. The third kappa shape index (κ3) is 4.61. The molecule has 0 spiro atoms. The molecule has 0 saturated carbocycles. The van der Waals surface area contributed by atoms with Gasteiger partial charge in [-0.05, 0) is 50.6 Å². The van der Waals surface area contributed by atoms with Crippen molar-refractivity contribution in [2.24, 2.45) is 5.92 Å². The summed E-state index contributed by atoms with van der Waals surface area (Å²) in [5.41, 5.74) is -0.671. The Balaban J connectivity index is 0.00000242. The van der Waals surface area contributed by atoms with E-state index in [-0.39, 0.29) is 23.9 Å². The molecule has 1 aromatic rings. The van der Waals surface area contributed by atoms with Crippen LogP contribution in [0.15, 0.2) is 24.3 Å². The molecule has 124 valence electrons. The second kappa shape index (κ2) is 7.83. The zero-order valence-corrected chi connectivity index (χ0v) is 13.1. The van der Waals surface area contributed by atoms with Crippen molar-refractivity contribution in [2.75, 3.05) is 26.7 Å². The van der Waals surface area contributed by atoms with E-state index >= 15 is 0 Å². The number of carbonyl (C=O) groups excluding carboxylic acids is 1. The quantitative estimate of drug-likeness (QED) is 0.919. The average molecular weight is 337 g/mol. The third-order valence-corrected chi connectivity index (χ3v) is 3.83. The van der Waals surface area contributed by atoms with E-state index in [1.165, 1.54) is 12.1 Å². The molecule has 7 heteroatoms. The summed E-state index contributed by atoms with van der Waals surface area (Å²) in [5, 5.41) is 3.11. The summed E-state index contributed by atoms with van der Waals surface area (Å²) in [6.45, 7) is 2.11. The molecule has 1 heterocycles. The van der Waals surface area contributed by atoms with Crippen molar-refractivity contribution < 1.29 is 18.0 Å². The highest BCUT2D eigenvalue weighted by molar-refractivity contribution is 5.94. The lowest BCUT2D eigenvalue weighted by atomic mass is 9.96. The molecule has 0 bridgehead atoms. The molecule has 0 unspecified atom stereocenters. The van der Waals surface area contributed by atoms with Gasteiger partial charge in [-0.25, -0.2) is 0 Å². The number of alkyl halides is 3. The number of amides is 1. The van der Waals surface area contributed by atoms with E-state index in [1.54, 1.807) is 4.90 Å². The monoisotopic (exact) mass is 336 g/mol. The molecule has 0 radical (unpaired) electrons. The van der Waals surface area contributed by atoms with Crippen molar-refractivity contribution in [3.63, 3.8) is 0 Å². The Morgan fingerprint density at radius 2 is 1.95 bits per heavy atom. The molecule has 1 aliphatic heterocycles. The average Bonchev–Trinajstić information content (AvgIpc) is 2.47. The Bertz CT molecular complexity index is 500. The van der Waals surface area contributed by atoms with Gasteiger partial charge in [-0.1, -0.05) is 6.07 Å². The van der Waals surface area contributed by atoms with Gasteiger partial charge in [-0.2, -0.15) is 13.2 Å². The van der Waals surface area contributed by atoms with E-state index in [0.29, 0.717) is 19.0 Å². The molecule has 1 saturated heterocycles. The standard InChI is InChI=1S/C15H19F3N2O.ClH/c1-19-10-11-5-7-20(8-6-11)14(21)12-3-2-4-13(9-12)15(16,17)18;/h2-4,9,11,19H,5-8,10H2,1H3;1H. The van der Waals surface area contributed by atoms with Gasteiger partial charge in [-0.3, -0.25) is 4.79 Å². The molecule has 1 aromatic carbocycles. The van der Waals surface area contributed by atoms with Crippen LogP contribution in [-0.4, -0.2) is 37.5 Å². The first-order valence-corrected chi connectivity index (χ1v) is 7.03. The molecule has 22 heavy (non-hydrogen) atoms. The normalized spacial score (nSPS) is 16.3. The number of halogens is 4. The van der Waals surface area contributed by atoms with Crippen molar-refractivity contribution in [3.8, 4) is 0 Å². The Hall–Kier alpha value is -1.27. The fourth-order valence-electron chi connectivity index (χ4n) is 2.64. The van der Waals surface area contributed by atoms with E-state index in [9.17, 15) is 18.0 Å². The third-order valence-electron chi connectivity index (χ3n) is 3.83. The smallest absolute Gasteiger partial charge is 0.339 e. The lowest BCUT2D eigenvalue weighted by molar-refractivity contribution is -0.137. The first-order valence-electron chi connectivity index (χ1n) is 7.03. The van der Waals surface area contributed by atoms with Gasteiger partial charge in [0.2, 0.25) is 0 Å². The fourth-order valence-corrected chi connectivity index (χ4v) is 2.64. The van der Waals surface area contributed by atoms with Gasteiger partial charge < -0.3 is 10.2 Å². The summed E-state index contributed by atoms with van der Waals surface area (Å²) in [7, 11) is 1.89. The molecule has 0 atom stereocenters. The Kier molecular flexibility index (Phi) is 6.68. The highest BCUT2D eigenvalue weighted by atomic mass is 35.5. The maximum absolute atomic E-state index is 12.7. The summed E-state index contributed by atoms with van der Waals surface area (Å²) in [6, 6.07) is 4.64. The molecule has 0 aliphatic carbocycles. The van der Waals surface area contributed by atoms with Crippen molar-refractivity contribution in [3.05, 3.63) is 35.4 Å². The number of carbonyl (C=O) groups is 1. The number of hydrogen-bond acceptors (Lipinski definition) is 2. The summed E-state index contributed by atoms with van der Waals surface area (Å²) in [4.78, 5) is 13.9. The van der Waals surface area contributed by atoms with E-state index < -0.39 is 11.7 Å². The van der Waals surface area contributed by atoms with Gasteiger partial charge in [-0.15, -0.1) is 12.4 Å². The minimum absolute atomic E-state index is 0. The summed E-state index contributed by atoms with van der Waals surface area (Å²) >= 11 is 0. The molecule has 2 rings (SSSR count). The Morgan fingerprint density at radius 3 is 2.50 bits per heavy atom. The highest BCUT2D eigenvalue weighted by Crippen LogP contribution is 2.30. The SMILES string of the molecule is CNCC1CCN(C(=O)c2cccc(C(F)(F)F)c2)CC1.Cl. The minimum Gasteiger partial charge on any atom is -0.339 e. The Morgan fingerprint density at radius 1 is 1.32 bits per heavy atom. The van der Waals surface area contributed by atoms with Crippen LogP contribution < -0.4 is 5.32 Å². The topological polar surface area (TPSA) is 32.3 Å². The van der Waals surface area contributed by atoms with Crippen molar-refractivity contribution in [2.45, 2.75) is 19.0 Å². The molecular weight excluding hydrogens is 317 g/mol. The lowest BCUT2D eigenvalue weighted by Crippen LogP contribution is -2.40. The largest absolute Gasteiger partial charge is 0.416 e. The molecule has 1 N–H and O–H groups in total. The van der Waals surface area contributed by atoms with Gasteiger partial charge in [0.05, 0.1) is 5.56 Å². The van der Waals surface area contributed by atoms with Crippen molar-refractivity contribution in [1.82, 2.24) is 10.2 Å². The van der Waals surface area contributed by atoms with Crippen LogP contribution in [0.3, 0.4) is 0 Å². The minimum atomic E-state index is -4.42. The zero-order valence-electron chi connectivity index (χ0n) is 12.3. The number of rotatable bonds is 3. The summed E-state index contributed by atoms with van der Waals surface area (Å²) < 4.78 is 38.0. The highest BCUT2D eigenvalue weighted by Gasteiger charge is 2.31. The van der Waals surface area contributed by atoms with Crippen LogP contribution in [0.1, 0.15) is 28.8 Å². The van der Waals surface area contributed by atoms with Crippen LogP contribution >= 0.6 is 12.4 Å². The van der Waals surface area contributed by atoms with E-state index in [1.807, 2.05) is 7.05 Å². The van der Waals surface area contributed by atoms with Gasteiger partial charge in [0, 0.05) is 18.7 Å². The summed E-state index contributed by atoms with van der Waals surface area (Å²) in [6.07, 6.45) is -2.66. The van der Waals surface area contributed by atoms with Crippen molar-refractivity contribution >= 4 is 18.3 Å². The van der Waals surface area contributed by atoms with Crippen molar-refractivity contribution in [1.29, 1.82) is 0 Å².